The fourth-order valence-corrected chi connectivity index (χ4v) is 2.29. The molecule has 0 N–H and O–H groups in total. The molecular weight excluding hydrogens is 180 g/mol. The molecule has 0 aliphatic heterocycles. The molecule has 15 heavy (non-hydrogen) atoms. The lowest BCUT2D eigenvalue weighted by molar-refractivity contribution is 1.25. The smallest absolute Gasteiger partial charge is 0.0284 e. The van der Waals surface area contributed by atoms with E-state index in [1.165, 1.54) is 22.3 Å². The third-order valence-corrected chi connectivity index (χ3v) is 3.01. The minimum Gasteiger partial charge on any atom is -0.115 e. The molecule has 0 saturated heterocycles. The van der Waals surface area contributed by atoms with E-state index in [1.807, 2.05) is 12.1 Å². The quantitative estimate of drug-likeness (QED) is 0.477. The summed E-state index contributed by atoms with van der Waals surface area (Å²) in [6, 6.07) is 14.7. The third-order valence-electron chi connectivity index (χ3n) is 3.01. The van der Waals surface area contributed by atoms with Crippen molar-refractivity contribution in [2.45, 2.75) is 6.42 Å². The zero-order valence-electron chi connectivity index (χ0n) is 8.33. The Bertz CT molecular complexity index is 571. The van der Waals surface area contributed by atoms with Crippen LogP contribution in [0.3, 0.4) is 0 Å². The average molecular weight is 190 g/mol. The first-order valence-electron chi connectivity index (χ1n) is 5.07. The van der Waals surface area contributed by atoms with Crippen molar-refractivity contribution < 1.29 is 0 Å². The zero-order valence-corrected chi connectivity index (χ0v) is 8.33. The Morgan fingerprint density at radius 1 is 0.933 bits per heavy atom. The molecule has 0 fully saturated rings. The summed E-state index contributed by atoms with van der Waals surface area (Å²) in [5.41, 5.74) is 6.37. The van der Waals surface area contributed by atoms with Crippen molar-refractivity contribution in [2.75, 3.05) is 0 Å². The minimum absolute atomic E-state index is 0.978. The van der Waals surface area contributed by atoms with E-state index in [-0.39, 0.29) is 0 Å². The normalized spacial score (nSPS) is 11.7. The second kappa shape index (κ2) is 3.00. The molecule has 0 atom stereocenters. The van der Waals surface area contributed by atoms with Gasteiger partial charge in [-0.25, -0.2) is 0 Å². The van der Waals surface area contributed by atoms with Crippen molar-refractivity contribution >= 4 is 0 Å². The van der Waals surface area contributed by atoms with Crippen LogP contribution in [0, 0.1) is 12.3 Å². The number of hydrogen-bond acceptors (Lipinski definition) is 0. The highest BCUT2D eigenvalue weighted by molar-refractivity contribution is 5.78. The van der Waals surface area contributed by atoms with Crippen LogP contribution in [0.2, 0.25) is 0 Å². The van der Waals surface area contributed by atoms with Crippen LogP contribution in [0.25, 0.3) is 11.1 Å². The van der Waals surface area contributed by atoms with Gasteiger partial charge in [-0.2, -0.15) is 0 Å². The summed E-state index contributed by atoms with van der Waals surface area (Å²) < 4.78 is 0. The number of benzene rings is 2. The third kappa shape index (κ3) is 1.10. The first-order valence-corrected chi connectivity index (χ1v) is 5.07. The van der Waals surface area contributed by atoms with Crippen LogP contribution in [0.1, 0.15) is 16.7 Å². The summed E-state index contributed by atoms with van der Waals surface area (Å²) in [4.78, 5) is 0. The van der Waals surface area contributed by atoms with Gasteiger partial charge in [-0.15, -0.1) is 6.42 Å². The van der Waals surface area contributed by atoms with Gasteiger partial charge in [0.05, 0.1) is 0 Å². The number of fused-ring (bicyclic) bond motifs is 3. The molecule has 1 aliphatic rings. The Labute approximate surface area is 89.6 Å². The molecule has 0 saturated carbocycles. The molecule has 1 aliphatic carbocycles. The predicted octanol–water partition coefficient (Wildman–Crippen LogP) is 3.24. The van der Waals surface area contributed by atoms with Crippen LogP contribution in [-0.4, -0.2) is 0 Å². The number of rotatable bonds is 0. The second-order valence-corrected chi connectivity index (χ2v) is 3.81. The van der Waals surface area contributed by atoms with Gasteiger partial charge < -0.3 is 0 Å². The lowest BCUT2D eigenvalue weighted by atomic mass is 10.0. The van der Waals surface area contributed by atoms with E-state index in [2.05, 4.69) is 36.3 Å². The van der Waals surface area contributed by atoms with Crippen LogP contribution in [-0.2, 0) is 6.42 Å². The van der Waals surface area contributed by atoms with Crippen molar-refractivity contribution in [1.82, 2.24) is 0 Å². The van der Waals surface area contributed by atoms with Crippen LogP contribution in [0.15, 0.2) is 42.5 Å². The lowest BCUT2D eigenvalue weighted by Crippen LogP contribution is -1.86. The summed E-state index contributed by atoms with van der Waals surface area (Å²) in [6.07, 6.45) is 6.49. The highest BCUT2D eigenvalue weighted by Crippen LogP contribution is 2.37. The predicted molar refractivity (Wildman–Crippen MR) is 62.6 cm³/mol. The molecule has 70 valence electrons. The van der Waals surface area contributed by atoms with Gasteiger partial charge in [0.15, 0.2) is 0 Å². The molecule has 0 unspecified atom stereocenters. The summed E-state index contributed by atoms with van der Waals surface area (Å²) in [5, 5.41) is 0. The SMILES string of the molecule is C#Cc1cccc2c1Cc1ccccc1-2. The number of terminal acetylenes is 1. The van der Waals surface area contributed by atoms with E-state index in [4.69, 9.17) is 6.42 Å². The zero-order chi connectivity index (χ0) is 10.3. The lowest BCUT2D eigenvalue weighted by Gasteiger charge is -2.01. The van der Waals surface area contributed by atoms with E-state index in [0.717, 1.165) is 12.0 Å². The Morgan fingerprint density at radius 2 is 1.73 bits per heavy atom. The van der Waals surface area contributed by atoms with E-state index in [0.29, 0.717) is 0 Å². The second-order valence-electron chi connectivity index (χ2n) is 3.81. The van der Waals surface area contributed by atoms with Gasteiger partial charge in [0.25, 0.3) is 0 Å². The van der Waals surface area contributed by atoms with Gasteiger partial charge in [-0.3, -0.25) is 0 Å². The summed E-state index contributed by atoms with van der Waals surface area (Å²) in [7, 11) is 0. The molecule has 0 spiro atoms. The van der Waals surface area contributed by atoms with Crippen molar-refractivity contribution in [3.05, 3.63) is 59.2 Å². The maximum absolute atomic E-state index is 5.51. The van der Waals surface area contributed by atoms with Crippen LogP contribution < -0.4 is 0 Å². The Balaban J connectivity index is 2.32. The molecule has 0 heteroatoms. The molecule has 2 aromatic carbocycles. The molecule has 0 nitrogen and oxygen atoms in total. The van der Waals surface area contributed by atoms with E-state index >= 15 is 0 Å². The maximum Gasteiger partial charge on any atom is 0.0284 e. The molecule has 0 aromatic heterocycles. The van der Waals surface area contributed by atoms with E-state index < -0.39 is 0 Å². The Kier molecular flexibility index (Phi) is 1.66. The minimum atomic E-state index is 0.978. The number of hydrogen-bond donors (Lipinski definition) is 0. The van der Waals surface area contributed by atoms with Gasteiger partial charge in [-0.05, 0) is 34.7 Å². The van der Waals surface area contributed by atoms with Gasteiger partial charge in [0.1, 0.15) is 0 Å². The van der Waals surface area contributed by atoms with Gasteiger partial charge in [0.2, 0.25) is 0 Å². The maximum atomic E-state index is 5.51. The monoisotopic (exact) mass is 190 g/mol. The summed E-state index contributed by atoms with van der Waals surface area (Å²) in [6.45, 7) is 0. The summed E-state index contributed by atoms with van der Waals surface area (Å²) in [5.74, 6) is 2.76. The fourth-order valence-electron chi connectivity index (χ4n) is 2.29. The molecule has 0 heterocycles. The van der Waals surface area contributed by atoms with Crippen LogP contribution >= 0.6 is 0 Å². The first-order chi connectivity index (χ1) is 7.40. The van der Waals surface area contributed by atoms with Crippen LogP contribution in [0.5, 0.6) is 0 Å². The van der Waals surface area contributed by atoms with Gasteiger partial charge in [0, 0.05) is 5.56 Å². The Morgan fingerprint density at radius 3 is 2.60 bits per heavy atom. The molecule has 0 bridgehead atoms. The van der Waals surface area contributed by atoms with Crippen molar-refractivity contribution in [3.63, 3.8) is 0 Å². The highest BCUT2D eigenvalue weighted by atomic mass is 14.2. The Hall–Kier alpha value is -2.00. The van der Waals surface area contributed by atoms with E-state index in [9.17, 15) is 0 Å². The molecule has 0 radical (unpaired) electrons. The van der Waals surface area contributed by atoms with Gasteiger partial charge >= 0.3 is 0 Å². The van der Waals surface area contributed by atoms with Crippen molar-refractivity contribution in [1.29, 1.82) is 0 Å². The first kappa shape index (κ1) is 8.32. The average Bonchev–Trinajstić information content (AvgIpc) is 2.67. The molecular formula is C15H10. The van der Waals surface area contributed by atoms with Crippen molar-refractivity contribution in [3.8, 4) is 23.5 Å². The topological polar surface area (TPSA) is 0 Å². The largest absolute Gasteiger partial charge is 0.115 e. The van der Waals surface area contributed by atoms with Gasteiger partial charge in [-0.1, -0.05) is 42.3 Å². The molecule has 3 rings (SSSR count). The van der Waals surface area contributed by atoms with E-state index in [1.54, 1.807) is 0 Å². The molecule has 0 amide bonds. The highest BCUT2D eigenvalue weighted by Gasteiger charge is 2.19. The molecule has 2 aromatic rings. The van der Waals surface area contributed by atoms with Crippen molar-refractivity contribution in [2.24, 2.45) is 0 Å². The standard InChI is InChI=1S/C15H10/c1-2-11-7-5-9-14-13-8-4-3-6-12(13)10-15(11)14/h1,3-9H,10H2. The fraction of sp³-hybridized carbons (Fsp3) is 0.0667. The summed E-state index contributed by atoms with van der Waals surface area (Å²) >= 11 is 0. The van der Waals surface area contributed by atoms with Crippen LogP contribution in [0.4, 0.5) is 0 Å².